The van der Waals surface area contributed by atoms with Crippen LogP contribution in [-0.2, 0) is 28.3 Å². The van der Waals surface area contributed by atoms with Gasteiger partial charge in [0.1, 0.15) is 5.76 Å². The van der Waals surface area contributed by atoms with E-state index in [0.29, 0.717) is 22.7 Å². The van der Waals surface area contributed by atoms with Gasteiger partial charge in [0.25, 0.3) is 0 Å². The van der Waals surface area contributed by atoms with Crippen LogP contribution in [0.2, 0.25) is 0 Å². The summed E-state index contributed by atoms with van der Waals surface area (Å²) < 4.78 is 6.78. The second-order valence-corrected chi connectivity index (χ2v) is 9.73. The van der Waals surface area contributed by atoms with Crippen molar-refractivity contribution in [3.8, 4) is 0 Å². The molecule has 3 aromatic heterocycles. The number of carbonyl (C=O) groups is 1. The van der Waals surface area contributed by atoms with Gasteiger partial charge >= 0.3 is 0 Å². The van der Waals surface area contributed by atoms with Crippen molar-refractivity contribution in [3.63, 3.8) is 0 Å². The number of hydrogen-bond acceptors (Lipinski definition) is 7. The van der Waals surface area contributed by atoms with Gasteiger partial charge in [0, 0.05) is 11.6 Å². The highest BCUT2D eigenvalue weighted by atomic mass is 35.5. The molecule has 1 N–H and O–H groups in total. The number of rotatable bonds is 7. The second kappa shape index (κ2) is 9.07. The maximum absolute atomic E-state index is 12.2. The normalized spacial score (nSPS) is 11.6. The average Bonchev–Trinajstić information content (AvgIpc) is 3.29. The number of oxazole rings is 1. The van der Waals surface area contributed by atoms with E-state index in [9.17, 15) is 4.79 Å². The summed E-state index contributed by atoms with van der Waals surface area (Å²) in [5.41, 5.74) is 1.56. The number of halogens is 1. The van der Waals surface area contributed by atoms with Crippen molar-refractivity contribution in [2.24, 2.45) is 0 Å². The summed E-state index contributed by atoms with van der Waals surface area (Å²) in [6, 6.07) is 3.68. The van der Waals surface area contributed by atoms with Gasteiger partial charge in [0.2, 0.25) is 11.8 Å². The molecule has 3 rings (SSSR count). The van der Waals surface area contributed by atoms with E-state index in [0.717, 1.165) is 21.2 Å². The minimum Gasteiger partial charge on any atom is -0.444 e. The monoisotopic (exact) mass is 436 g/mol. The average molecular weight is 437 g/mol. The van der Waals surface area contributed by atoms with Gasteiger partial charge in [-0.25, -0.2) is 9.97 Å². The Balaban J connectivity index is 1.50. The highest BCUT2D eigenvalue weighted by molar-refractivity contribution is 8.00. The first-order chi connectivity index (χ1) is 13.3. The van der Waals surface area contributed by atoms with Gasteiger partial charge in [-0.1, -0.05) is 38.2 Å². The van der Waals surface area contributed by atoms with Crippen LogP contribution in [0.5, 0.6) is 0 Å². The third kappa shape index (κ3) is 5.80. The van der Waals surface area contributed by atoms with Crippen molar-refractivity contribution in [3.05, 3.63) is 53.6 Å². The summed E-state index contributed by atoms with van der Waals surface area (Å²) in [7, 11) is 0. The molecule has 0 aromatic carbocycles. The zero-order valence-corrected chi connectivity index (χ0v) is 18.2. The largest absolute Gasteiger partial charge is 0.444 e. The molecule has 0 fully saturated rings. The number of carbonyl (C=O) groups excluding carboxylic acids is 1. The van der Waals surface area contributed by atoms with Crippen molar-refractivity contribution in [1.29, 1.82) is 0 Å². The first kappa shape index (κ1) is 20.8. The van der Waals surface area contributed by atoms with Gasteiger partial charge in [-0.2, -0.15) is 0 Å². The van der Waals surface area contributed by atoms with Crippen LogP contribution in [0, 0.1) is 0 Å². The summed E-state index contributed by atoms with van der Waals surface area (Å²) in [5.74, 6) is 2.39. The number of alkyl halides is 1. The minimum absolute atomic E-state index is 0.0579. The Kier molecular flexibility index (Phi) is 6.74. The van der Waals surface area contributed by atoms with Crippen LogP contribution in [0.3, 0.4) is 0 Å². The van der Waals surface area contributed by atoms with Crippen LogP contribution >= 0.6 is 34.7 Å². The Morgan fingerprint density at radius 1 is 1.21 bits per heavy atom. The van der Waals surface area contributed by atoms with Crippen molar-refractivity contribution >= 4 is 45.7 Å². The Labute approximate surface area is 177 Å². The number of hydrogen-bond donors (Lipinski definition) is 1. The van der Waals surface area contributed by atoms with Crippen molar-refractivity contribution in [2.75, 3.05) is 5.32 Å². The molecule has 148 valence electrons. The molecule has 28 heavy (non-hydrogen) atoms. The predicted molar refractivity (Wildman–Crippen MR) is 113 cm³/mol. The molecule has 0 spiro atoms. The molecular weight excluding hydrogens is 416 g/mol. The summed E-state index contributed by atoms with van der Waals surface area (Å²) >= 11 is 8.73. The van der Waals surface area contributed by atoms with Gasteiger partial charge in [0.05, 0.1) is 40.4 Å². The predicted octanol–water partition coefficient (Wildman–Crippen LogP) is 5.04. The molecule has 3 aromatic rings. The maximum atomic E-state index is 12.2. The summed E-state index contributed by atoms with van der Waals surface area (Å²) in [5, 5.41) is 3.39. The van der Waals surface area contributed by atoms with E-state index in [1.807, 2.05) is 12.1 Å². The topological polar surface area (TPSA) is 80.9 Å². The van der Waals surface area contributed by atoms with Crippen LogP contribution in [0.25, 0.3) is 0 Å². The lowest BCUT2D eigenvalue weighted by molar-refractivity contribution is -0.115. The standard InChI is InChI=1S/C19H21ClN4O2S2/c1-19(2,3)14-9-22-16(26-14)11-27-17-10-23-18(28-17)24-15(25)6-12-4-5-13(7-20)21-8-12/h4-5,8-10H,6-7,11H2,1-3H3,(H,23,24,25). The van der Waals surface area contributed by atoms with Crippen molar-refractivity contribution in [2.45, 2.75) is 48.4 Å². The summed E-state index contributed by atoms with van der Waals surface area (Å²) in [6.45, 7) is 6.26. The molecule has 0 aliphatic carbocycles. The van der Waals surface area contributed by atoms with E-state index in [1.165, 1.54) is 11.3 Å². The molecule has 0 saturated heterocycles. The summed E-state index contributed by atoms with van der Waals surface area (Å²) in [6.07, 6.45) is 5.43. The van der Waals surface area contributed by atoms with Crippen molar-refractivity contribution in [1.82, 2.24) is 15.0 Å². The van der Waals surface area contributed by atoms with Gasteiger partial charge in [-0.15, -0.1) is 23.4 Å². The van der Waals surface area contributed by atoms with Crippen molar-refractivity contribution < 1.29 is 9.21 Å². The molecule has 3 heterocycles. The molecular formula is C19H21ClN4O2S2. The van der Waals surface area contributed by atoms with E-state index in [2.05, 4.69) is 41.0 Å². The zero-order valence-electron chi connectivity index (χ0n) is 15.9. The van der Waals surface area contributed by atoms with Gasteiger partial charge in [-0.05, 0) is 11.6 Å². The number of aromatic nitrogens is 3. The number of thioether (sulfide) groups is 1. The van der Waals surface area contributed by atoms with E-state index < -0.39 is 0 Å². The fourth-order valence-electron chi connectivity index (χ4n) is 2.23. The van der Waals surface area contributed by atoms with Gasteiger partial charge in [-0.3, -0.25) is 9.78 Å². The Hall–Kier alpha value is -1.90. The van der Waals surface area contributed by atoms with Crippen LogP contribution in [0.15, 0.2) is 39.3 Å². The number of nitrogens with zero attached hydrogens (tertiary/aromatic N) is 3. The maximum Gasteiger partial charge on any atom is 0.230 e. The summed E-state index contributed by atoms with van der Waals surface area (Å²) in [4.78, 5) is 25.0. The van der Waals surface area contributed by atoms with Gasteiger partial charge < -0.3 is 9.73 Å². The molecule has 0 atom stereocenters. The number of anilines is 1. The molecule has 0 aliphatic rings. The van der Waals surface area contributed by atoms with E-state index in [1.54, 1.807) is 30.4 Å². The quantitative estimate of drug-likeness (QED) is 0.413. The molecule has 0 unspecified atom stereocenters. The van der Waals surface area contributed by atoms with E-state index in [4.69, 9.17) is 16.0 Å². The fraction of sp³-hybridized carbons (Fsp3) is 0.368. The number of pyridine rings is 1. The fourth-order valence-corrected chi connectivity index (χ4v) is 4.13. The lowest BCUT2D eigenvalue weighted by Gasteiger charge is -2.12. The Morgan fingerprint density at radius 2 is 2.04 bits per heavy atom. The van der Waals surface area contributed by atoms with Crippen LogP contribution in [0.1, 0.15) is 43.7 Å². The lowest BCUT2D eigenvalue weighted by Crippen LogP contribution is -2.14. The molecule has 0 bridgehead atoms. The first-order valence-corrected chi connectivity index (χ1v) is 11.0. The molecule has 1 amide bonds. The SMILES string of the molecule is CC(C)(C)c1cnc(CSc2cnc(NC(=O)Cc3ccc(CCl)nc3)s2)o1. The Bertz CT molecular complexity index is 932. The number of amides is 1. The Morgan fingerprint density at radius 3 is 2.68 bits per heavy atom. The highest BCUT2D eigenvalue weighted by Gasteiger charge is 2.19. The van der Waals surface area contributed by atoms with Crippen LogP contribution < -0.4 is 5.32 Å². The zero-order chi connectivity index (χ0) is 20.1. The van der Waals surface area contributed by atoms with E-state index in [-0.39, 0.29) is 17.7 Å². The molecule has 9 heteroatoms. The minimum atomic E-state index is -0.131. The van der Waals surface area contributed by atoms with Crippen LogP contribution in [-0.4, -0.2) is 20.9 Å². The third-order valence-electron chi connectivity index (χ3n) is 3.75. The van der Waals surface area contributed by atoms with Gasteiger partial charge in [0.15, 0.2) is 5.13 Å². The molecule has 0 saturated carbocycles. The lowest BCUT2D eigenvalue weighted by atomic mass is 9.94. The molecule has 0 radical (unpaired) electrons. The molecule has 0 aliphatic heterocycles. The second-order valence-electron chi connectivity index (χ2n) is 7.16. The first-order valence-electron chi connectivity index (χ1n) is 8.67. The smallest absolute Gasteiger partial charge is 0.230 e. The van der Waals surface area contributed by atoms with Crippen LogP contribution in [0.4, 0.5) is 5.13 Å². The van der Waals surface area contributed by atoms with E-state index >= 15 is 0 Å². The molecule has 6 nitrogen and oxygen atoms in total. The number of thiazole rings is 1. The third-order valence-corrected chi connectivity index (χ3v) is 6.12. The number of nitrogens with one attached hydrogen (secondary N) is 1. The highest BCUT2D eigenvalue weighted by Crippen LogP contribution is 2.31.